The first-order valence-electron chi connectivity index (χ1n) is 8.56. The summed E-state index contributed by atoms with van der Waals surface area (Å²) in [4.78, 5) is 24.7. The summed E-state index contributed by atoms with van der Waals surface area (Å²) in [5.41, 5.74) is 0.00828. The summed E-state index contributed by atoms with van der Waals surface area (Å²) >= 11 is 0. The molecule has 3 rings (SSSR count). The summed E-state index contributed by atoms with van der Waals surface area (Å²) < 4.78 is 56.5. The van der Waals surface area contributed by atoms with Crippen LogP contribution >= 0.6 is 0 Å². The third-order valence-corrected chi connectivity index (χ3v) is 8.02. The molecule has 0 saturated heterocycles. The van der Waals surface area contributed by atoms with Gasteiger partial charge in [0.25, 0.3) is 15.9 Å². The van der Waals surface area contributed by atoms with Crippen molar-refractivity contribution in [2.24, 2.45) is 0 Å². The largest absolute Gasteiger partial charge is 0.495 e. The Balaban J connectivity index is 1.88. The van der Waals surface area contributed by atoms with Crippen LogP contribution in [0.4, 0.5) is 5.69 Å². The Kier molecular flexibility index (Phi) is 5.58. The Bertz CT molecular complexity index is 1240. The third kappa shape index (κ3) is 3.64. The fourth-order valence-corrected chi connectivity index (χ4v) is 5.32. The van der Waals surface area contributed by atoms with Crippen LogP contribution in [0.25, 0.3) is 0 Å². The summed E-state index contributed by atoms with van der Waals surface area (Å²) in [6, 6.07) is 9.53. The molecule has 1 N–H and O–H groups in total. The Morgan fingerprint density at radius 2 is 1.83 bits per heavy atom. The SMILES string of the molecule is COc1ccc(S(=O)(=O)N(C)C)cc1NC(=O)CN1C(=O)c2ccccc2S1(=O)=O. The number of hydrogen-bond acceptors (Lipinski definition) is 7. The molecule has 2 aromatic rings. The molecular weight excluding hydrogens is 434 g/mol. The first-order valence-corrected chi connectivity index (χ1v) is 11.4. The van der Waals surface area contributed by atoms with Crippen molar-refractivity contribution in [2.45, 2.75) is 9.79 Å². The summed E-state index contributed by atoms with van der Waals surface area (Å²) in [5, 5.41) is 2.42. The van der Waals surface area contributed by atoms with Gasteiger partial charge in [0.2, 0.25) is 15.9 Å². The van der Waals surface area contributed by atoms with E-state index in [4.69, 9.17) is 4.74 Å². The van der Waals surface area contributed by atoms with E-state index < -0.39 is 38.4 Å². The Morgan fingerprint density at radius 3 is 2.43 bits per heavy atom. The molecular formula is C18H19N3O7S2. The number of benzene rings is 2. The van der Waals surface area contributed by atoms with Gasteiger partial charge >= 0.3 is 0 Å². The minimum absolute atomic E-state index is 0.0121. The number of nitrogens with zero attached hydrogens (tertiary/aromatic N) is 2. The van der Waals surface area contributed by atoms with Crippen molar-refractivity contribution in [3.05, 3.63) is 48.0 Å². The summed E-state index contributed by atoms with van der Waals surface area (Å²) in [7, 11) is -3.88. The molecule has 0 aliphatic carbocycles. The smallest absolute Gasteiger partial charge is 0.269 e. The first-order chi connectivity index (χ1) is 14.0. The van der Waals surface area contributed by atoms with Crippen molar-refractivity contribution >= 4 is 37.5 Å². The highest BCUT2D eigenvalue weighted by atomic mass is 32.2. The van der Waals surface area contributed by atoms with Crippen molar-refractivity contribution < 1.29 is 31.2 Å². The van der Waals surface area contributed by atoms with Crippen molar-refractivity contribution in [2.75, 3.05) is 33.1 Å². The van der Waals surface area contributed by atoms with E-state index in [0.717, 1.165) is 4.31 Å². The molecule has 2 aromatic carbocycles. The summed E-state index contributed by atoms with van der Waals surface area (Å²) in [5.74, 6) is -1.48. The minimum atomic E-state index is -4.15. The maximum atomic E-state index is 12.6. The monoisotopic (exact) mass is 453 g/mol. The molecule has 10 nitrogen and oxygen atoms in total. The van der Waals surface area contributed by atoms with E-state index >= 15 is 0 Å². The lowest BCUT2D eigenvalue weighted by molar-refractivity contribution is -0.116. The van der Waals surface area contributed by atoms with Gasteiger partial charge in [0, 0.05) is 14.1 Å². The predicted molar refractivity (Wildman–Crippen MR) is 107 cm³/mol. The second-order valence-electron chi connectivity index (χ2n) is 6.51. The highest BCUT2D eigenvalue weighted by molar-refractivity contribution is 7.90. The zero-order valence-corrected chi connectivity index (χ0v) is 18.0. The van der Waals surface area contributed by atoms with E-state index in [1.54, 1.807) is 0 Å². The van der Waals surface area contributed by atoms with Crippen LogP contribution in [0.3, 0.4) is 0 Å². The quantitative estimate of drug-likeness (QED) is 0.682. The third-order valence-electron chi connectivity index (χ3n) is 4.42. The molecule has 160 valence electrons. The molecule has 0 saturated carbocycles. The van der Waals surface area contributed by atoms with Crippen LogP contribution in [-0.2, 0) is 24.8 Å². The maximum absolute atomic E-state index is 12.6. The molecule has 1 aliphatic heterocycles. The molecule has 1 aliphatic rings. The van der Waals surface area contributed by atoms with Gasteiger partial charge in [-0.3, -0.25) is 9.59 Å². The van der Waals surface area contributed by atoms with Crippen LogP contribution in [0.5, 0.6) is 5.75 Å². The lowest BCUT2D eigenvalue weighted by Gasteiger charge is -2.17. The standard InChI is InChI=1S/C18H19N3O7S2/c1-20(2)29(24,25)12-8-9-15(28-3)14(10-12)19-17(22)11-21-18(23)13-6-4-5-7-16(13)30(21,26)27/h4-10H,11H2,1-3H3,(H,19,22). The minimum Gasteiger partial charge on any atom is -0.495 e. The number of methoxy groups -OCH3 is 1. The number of ether oxygens (including phenoxy) is 1. The van der Waals surface area contributed by atoms with Crippen LogP contribution in [0, 0.1) is 0 Å². The molecule has 0 unspecified atom stereocenters. The number of amides is 2. The summed E-state index contributed by atoms with van der Waals surface area (Å²) in [6.07, 6.45) is 0. The van der Waals surface area contributed by atoms with E-state index in [-0.39, 0.29) is 26.8 Å². The number of nitrogens with one attached hydrogen (secondary N) is 1. The van der Waals surface area contributed by atoms with Gasteiger partial charge < -0.3 is 10.1 Å². The van der Waals surface area contributed by atoms with Gasteiger partial charge in [0.15, 0.2) is 0 Å². The molecule has 12 heteroatoms. The Labute approximate surface area is 174 Å². The van der Waals surface area contributed by atoms with Crippen LogP contribution in [-0.4, -0.2) is 65.0 Å². The molecule has 30 heavy (non-hydrogen) atoms. The van der Waals surface area contributed by atoms with E-state index in [9.17, 15) is 26.4 Å². The zero-order valence-electron chi connectivity index (χ0n) is 16.3. The van der Waals surface area contributed by atoms with Gasteiger partial charge in [0.1, 0.15) is 17.2 Å². The van der Waals surface area contributed by atoms with Crippen LogP contribution in [0.2, 0.25) is 0 Å². The van der Waals surface area contributed by atoms with Gasteiger partial charge in [0.05, 0.1) is 23.3 Å². The van der Waals surface area contributed by atoms with Gasteiger partial charge in [-0.15, -0.1) is 0 Å². The molecule has 0 atom stereocenters. The van der Waals surface area contributed by atoms with E-state index in [2.05, 4.69) is 5.32 Å². The van der Waals surface area contributed by atoms with Crippen molar-refractivity contribution in [1.29, 1.82) is 0 Å². The van der Waals surface area contributed by atoms with Gasteiger partial charge in [-0.1, -0.05) is 12.1 Å². The number of carbonyl (C=O) groups is 2. The topological polar surface area (TPSA) is 130 Å². The Morgan fingerprint density at radius 1 is 1.17 bits per heavy atom. The van der Waals surface area contributed by atoms with Crippen molar-refractivity contribution in [3.8, 4) is 5.75 Å². The van der Waals surface area contributed by atoms with Crippen LogP contribution in [0.1, 0.15) is 10.4 Å². The number of fused-ring (bicyclic) bond motifs is 1. The highest BCUT2D eigenvalue weighted by Crippen LogP contribution is 2.31. The molecule has 0 radical (unpaired) electrons. The van der Waals surface area contributed by atoms with E-state index in [0.29, 0.717) is 4.31 Å². The number of carbonyl (C=O) groups excluding carboxylic acids is 2. The molecule has 2 amide bonds. The molecule has 1 heterocycles. The fraction of sp³-hybridized carbons (Fsp3) is 0.222. The normalized spacial score (nSPS) is 15.2. The van der Waals surface area contributed by atoms with Crippen LogP contribution in [0.15, 0.2) is 52.3 Å². The average molecular weight is 453 g/mol. The predicted octanol–water partition coefficient (Wildman–Crippen LogP) is 0.729. The molecule has 0 spiro atoms. The number of anilines is 1. The average Bonchev–Trinajstić information content (AvgIpc) is 2.89. The first kappa shape index (κ1) is 21.7. The molecule has 0 aromatic heterocycles. The van der Waals surface area contributed by atoms with Crippen molar-refractivity contribution in [3.63, 3.8) is 0 Å². The molecule has 0 bridgehead atoms. The van der Waals surface area contributed by atoms with Crippen molar-refractivity contribution in [1.82, 2.24) is 8.61 Å². The lowest BCUT2D eigenvalue weighted by Crippen LogP contribution is -2.37. The molecule has 0 fully saturated rings. The summed E-state index contributed by atoms with van der Waals surface area (Å²) in [6.45, 7) is -0.774. The Hall–Kier alpha value is -2.96. The van der Waals surface area contributed by atoms with Gasteiger partial charge in [-0.25, -0.2) is 25.4 Å². The van der Waals surface area contributed by atoms with E-state index in [1.165, 1.54) is 63.7 Å². The number of rotatable bonds is 6. The van der Waals surface area contributed by atoms with Gasteiger partial charge in [-0.2, -0.15) is 0 Å². The van der Waals surface area contributed by atoms with Gasteiger partial charge in [-0.05, 0) is 30.3 Å². The second-order valence-corrected chi connectivity index (χ2v) is 10.5. The zero-order chi connectivity index (χ0) is 22.3. The van der Waals surface area contributed by atoms with Crippen LogP contribution < -0.4 is 10.1 Å². The lowest BCUT2D eigenvalue weighted by atomic mass is 10.2. The second kappa shape index (κ2) is 7.70. The highest BCUT2D eigenvalue weighted by Gasteiger charge is 2.41. The number of hydrogen-bond donors (Lipinski definition) is 1. The fourth-order valence-electron chi connectivity index (χ4n) is 2.86. The number of sulfonamides is 2. The van der Waals surface area contributed by atoms with E-state index in [1.807, 2.05) is 0 Å². The maximum Gasteiger partial charge on any atom is 0.269 e.